The Morgan fingerprint density at radius 1 is 0.893 bits per heavy atom. The second-order valence-electron chi connectivity index (χ2n) is 9.65. The fourth-order valence-electron chi connectivity index (χ4n) is 3.35. The molecule has 0 saturated carbocycles. The molecule has 152 valence electrons. The van der Waals surface area contributed by atoms with Crippen molar-refractivity contribution in [3.8, 4) is 0 Å². The third-order valence-corrected chi connectivity index (χ3v) is 15.5. The molecule has 0 saturated heterocycles. The summed E-state index contributed by atoms with van der Waals surface area (Å²) >= 11 is 0. The van der Waals surface area contributed by atoms with E-state index < -0.39 is 16.4 Å². The van der Waals surface area contributed by atoms with Crippen LogP contribution in [0.5, 0.6) is 0 Å². The van der Waals surface area contributed by atoms with E-state index >= 15 is 0 Å². The SMILES string of the molecule is CC(=O)[C@H](CO[Si](C)(C)C(C)(C)C)C[Si](C)(c1ccccc1)c1ccccc1. The van der Waals surface area contributed by atoms with Gasteiger partial charge in [0, 0.05) is 12.5 Å². The highest BCUT2D eigenvalue weighted by Crippen LogP contribution is 2.37. The molecule has 2 rings (SSSR count). The molecule has 4 heteroatoms. The Morgan fingerprint density at radius 2 is 1.32 bits per heavy atom. The molecule has 0 fully saturated rings. The molecule has 0 spiro atoms. The lowest BCUT2D eigenvalue weighted by molar-refractivity contribution is -0.121. The molecule has 0 unspecified atom stereocenters. The Kier molecular flexibility index (Phi) is 7.24. The molecule has 0 aliphatic rings. The van der Waals surface area contributed by atoms with Gasteiger partial charge < -0.3 is 4.43 Å². The largest absolute Gasteiger partial charge is 0.416 e. The van der Waals surface area contributed by atoms with Crippen molar-refractivity contribution in [3.63, 3.8) is 0 Å². The monoisotopic (exact) mass is 412 g/mol. The van der Waals surface area contributed by atoms with Crippen molar-refractivity contribution in [3.05, 3.63) is 60.7 Å². The van der Waals surface area contributed by atoms with Crippen LogP contribution in [0.1, 0.15) is 27.7 Å². The second kappa shape index (κ2) is 8.89. The van der Waals surface area contributed by atoms with Gasteiger partial charge in [0.25, 0.3) is 0 Å². The maximum Gasteiger partial charge on any atom is 0.192 e. The molecule has 0 heterocycles. The van der Waals surface area contributed by atoms with Crippen molar-refractivity contribution in [2.75, 3.05) is 6.61 Å². The van der Waals surface area contributed by atoms with E-state index in [2.05, 4.69) is 101 Å². The first-order chi connectivity index (χ1) is 13.0. The van der Waals surface area contributed by atoms with Gasteiger partial charge in [0.15, 0.2) is 8.32 Å². The molecule has 0 amide bonds. The fourth-order valence-corrected chi connectivity index (χ4v) is 8.46. The number of rotatable bonds is 8. The number of carbonyl (C=O) groups excluding carboxylic acids is 1. The molecule has 2 nitrogen and oxygen atoms in total. The van der Waals surface area contributed by atoms with Crippen molar-refractivity contribution >= 4 is 32.5 Å². The lowest BCUT2D eigenvalue weighted by Gasteiger charge is -2.38. The maximum absolute atomic E-state index is 12.6. The van der Waals surface area contributed by atoms with E-state index in [1.807, 2.05) is 0 Å². The van der Waals surface area contributed by atoms with Crippen LogP contribution < -0.4 is 10.4 Å². The second-order valence-corrected chi connectivity index (χ2v) is 18.7. The van der Waals surface area contributed by atoms with Gasteiger partial charge in [0.05, 0.1) is 0 Å². The molecule has 0 aliphatic carbocycles. The first-order valence-electron chi connectivity index (χ1n) is 10.2. The minimum atomic E-state index is -2.06. The summed E-state index contributed by atoms with van der Waals surface area (Å²) in [6.45, 7) is 15.9. The van der Waals surface area contributed by atoms with Crippen molar-refractivity contribution in [2.45, 2.75) is 58.4 Å². The van der Waals surface area contributed by atoms with Gasteiger partial charge in [0.2, 0.25) is 0 Å². The van der Waals surface area contributed by atoms with Crippen LogP contribution in [-0.4, -0.2) is 28.8 Å². The molecule has 0 bridgehead atoms. The highest BCUT2D eigenvalue weighted by Gasteiger charge is 2.40. The highest BCUT2D eigenvalue weighted by molar-refractivity contribution is 7.01. The number of Topliss-reactive ketones (excluding diaryl/α,β-unsaturated/α-hetero) is 1. The zero-order valence-corrected chi connectivity index (χ0v) is 20.6. The predicted molar refractivity (Wildman–Crippen MR) is 126 cm³/mol. The van der Waals surface area contributed by atoms with E-state index in [0.29, 0.717) is 6.61 Å². The van der Waals surface area contributed by atoms with Gasteiger partial charge in [-0.1, -0.05) is 98.4 Å². The van der Waals surface area contributed by atoms with Crippen LogP contribution in [0.3, 0.4) is 0 Å². The van der Waals surface area contributed by atoms with E-state index in [1.165, 1.54) is 10.4 Å². The average molecular weight is 413 g/mol. The first kappa shape index (κ1) is 22.8. The van der Waals surface area contributed by atoms with Gasteiger partial charge >= 0.3 is 0 Å². The number of ketones is 1. The summed E-state index contributed by atoms with van der Waals surface area (Å²) in [4.78, 5) is 12.6. The lowest BCUT2D eigenvalue weighted by atomic mass is 10.1. The van der Waals surface area contributed by atoms with Crippen LogP contribution in [0, 0.1) is 5.92 Å². The van der Waals surface area contributed by atoms with E-state index in [9.17, 15) is 4.79 Å². The quantitative estimate of drug-likeness (QED) is 0.563. The molecular weight excluding hydrogens is 376 g/mol. The zero-order chi connectivity index (χ0) is 21.0. The fraction of sp³-hybridized carbons (Fsp3) is 0.458. The molecule has 28 heavy (non-hydrogen) atoms. The number of carbonyl (C=O) groups is 1. The van der Waals surface area contributed by atoms with Gasteiger partial charge in [0.1, 0.15) is 13.9 Å². The minimum absolute atomic E-state index is 0.0637. The molecule has 0 aliphatic heterocycles. The van der Waals surface area contributed by atoms with E-state index in [-0.39, 0.29) is 16.7 Å². The highest BCUT2D eigenvalue weighted by atomic mass is 28.4. The van der Waals surface area contributed by atoms with E-state index in [0.717, 1.165) is 6.04 Å². The van der Waals surface area contributed by atoms with Crippen LogP contribution >= 0.6 is 0 Å². The van der Waals surface area contributed by atoms with Gasteiger partial charge in [-0.15, -0.1) is 0 Å². The lowest BCUT2D eigenvalue weighted by Crippen LogP contribution is -2.57. The average Bonchev–Trinajstić information content (AvgIpc) is 2.65. The zero-order valence-electron chi connectivity index (χ0n) is 18.6. The normalized spacial score (nSPS) is 14.0. The third kappa shape index (κ3) is 5.31. The molecule has 2 aromatic carbocycles. The van der Waals surface area contributed by atoms with Crippen molar-refractivity contribution in [2.24, 2.45) is 5.92 Å². The number of benzene rings is 2. The standard InChI is InChI=1S/C24H36O2Si2/c1-20(25)21(18-26-27(5,6)24(2,3)4)19-28(7,22-14-10-8-11-15-22)23-16-12-9-13-17-23/h8-17,21H,18-19H2,1-7H3/t21-/m1/s1. The van der Waals surface area contributed by atoms with E-state index in [4.69, 9.17) is 4.43 Å². The summed E-state index contributed by atoms with van der Waals surface area (Å²) < 4.78 is 6.48. The van der Waals surface area contributed by atoms with Gasteiger partial charge in [-0.3, -0.25) is 4.79 Å². The Morgan fingerprint density at radius 3 is 1.68 bits per heavy atom. The van der Waals surface area contributed by atoms with Crippen LogP contribution in [0.4, 0.5) is 0 Å². The summed E-state index contributed by atoms with van der Waals surface area (Å²) in [5, 5.41) is 2.90. The Labute approximate surface area is 173 Å². The third-order valence-electron chi connectivity index (χ3n) is 6.50. The summed E-state index contributed by atoms with van der Waals surface area (Å²) in [6.07, 6.45) is 0. The Bertz CT molecular complexity index is 725. The van der Waals surface area contributed by atoms with Gasteiger partial charge in [-0.25, -0.2) is 0 Å². The molecule has 2 aromatic rings. The minimum Gasteiger partial charge on any atom is -0.416 e. The van der Waals surface area contributed by atoms with Crippen molar-refractivity contribution in [1.29, 1.82) is 0 Å². The number of hydrogen-bond donors (Lipinski definition) is 0. The summed E-state index contributed by atoms with van der Waals surface area (Å²) in [7, 11) is -3.94. The Hall–Kier alpha value is -1.50. The van der Waals surface area contributed by atoms with Crippen molar-refractivity contribution in [1.82, 2.24) is 0 Å². The summed E-state index contributed by atoms with van der Waals surface area (Å²) in [5.41, 5.74) is 0. The smallest absolute Gasteiger partial charge is 0.192 e. The van der Waals surface area contributed by atoms with Crippen LogP contribution in [0.25, 0.3) is 0 Å². The van der Waals surface area contributed by atoms with Gasteiger partial charge in [-0.05, 0) is 31.1 Å². The van der Waals surface area contributed by atoms with Crippen LogP contribution in [0.15, 0.2) is 60.7 Å². The Balaban J connectivity index is 2.34. The summed E-state index contributed by atoms with van der Waals surface area (Å²) in [5.74, 6) is 0.176. The maximum atomic E-state index is 12.6. The molecule has 0 radical (unpaired) electrons. The first-order valence-corrected chi connectivity index (χ1v) is 15.8. The summed E-state index contributed by atoms with van der Waals surface area (Å²) in [6, 6.07) is 22.4. The van der Waals surface area contributed by atoms with Crippen molar-refractivity contribution < 1.29 is 9.22 Å². The molecule has 0 N–H and O–H groups in total. The molecular formula is C24H36O2Si2. The van der Waals surface area contributed by atoms with E-state index in [1.54, 1.807) is 6.92 Å². The topological polar surface area (TPSA) is 26.3 Å². The molecule has 1 atom stereocenters. The van der Waals surface area contributed by atoms with Gasteiger partial charge in [-0.2, -0.15) is 0 Å². The predicted octanol–water partition coefficient (Wildman–Crippen LogP) is 5.11. The number of hydrogen-bond acceptors (Lipinski definition) is 2. The molecule has 0 aromatic heterocycles. The van der Waals surface area contributed by atoms with Crippen LogP contribution in [0.2, 0.25) is 30.7 Å². The van der Waals surface area contributed by atoms with Crippen LogP contribution in [-0.2, 0) is 9.22 Å².